The topological polar surface area (TPSA) is 29.3 Å². The van der Waals surface area contributed by atoms with Gasteiger partial charge in [0.05, 0.1) is 6.04 Å². The van der Waals surface area contributed by atoms with Gasteiger partial charge in [-0.05, 0) is 69.1 Å². The van der Waals surface area contributed by atoms with Crippen molar-refractivity contribution in [3.8, 4) is 0 Å². The molecule has 0 aromatic carbocycles. The molecule has 18 heavy (non-hydrogen) atoms. The van der Waals surface area contributed by atoms with E-state index in [2.05, 4.69) is 54.6 Å². The fourth-order valence-electron chi connectivity index (χ4n) is 2.77. The summed E-state index contributed by atoms with van der Waals surface area (Å²) in [7, 11) is 0. The maximum Gasteiger partial charge on any atom is 0.0598 e. The molecule has 2 unspecified atom stereocenters. The highest BCUT2D eigenvalue weighted by atomic mass is 79.9. The van der Waals surface area contributed by atoms with Crippen molar-refractivity contribution in [2.24, 2.45) is 5.73 Å². The largest absolute Gasteiger partial charge is 0.326 e. The molecular formula is C14H23BrN2S. The van der Waals surface area contributed by atoms with Crippen LogP contribution in [0.15, 0.2) is 10.5 Å². The molecule has 2 rings (SSSR count). The normalized spacial score (nSPS) is 26.6. The molecule has 2 heterocycles. The smallest absolute Gasteiger partial charge is 0.0598 e. The zero-order valence-electron chi connectivity index (χ0n) is 11.7. The third-order valence-corrected chi connectivity index (χ3v) is 5.91. The fourth-order valence-corrected chi connectivity index (χ4v) is 4.52. The molecule has 0 saturated carbocycles. The first-order valence-corrected chi connectivity index (χ1v) is 8.20. The lowest BCUT2D eigenvalue weighted by atomic mass is 9.90. The third-order valence-electron chi connectivity index (χ3n) is 3.71. The summed E-state index contributed by atoms with van der Waals surface area (Å²) < 4.78 is 1.22. The second-order valence-corrected chi connectivity index (χ2v) is 8.31. The van der Waals surface area contributed by atoms with Crippen molar-refractivity contribution >= 4 is 27.3 Å². The van der Waals surface area contributed by atoms with Crippen LogP contribution in [0.4, 0.5) is 0 Å². The van der Waals surface area contributed by atoms with Crippen LogP contribution in [0.5, 0.6) is 0 Å². The van der Waals surface area contributed by atoms with Crippen molar-refractivity contribution in [1.29, 1.82) is 0 Å². The number of nitrogens with two attached hydrogens (primary N) is 1. The summed E-state index contributed by atoms with van der Waals surface area (Å²) in [6.45, 7) is 10.2. The summed E-state index contributed by atoms with van der Waals surface area (Å²) in [6, 6.07) is 2.88. The Morgan fingerprint density at radius 3 is 2.61 bits per heavy atom. The van der Waals surface area contributed by atoms with Gasteiger partial charge in [0.15, 0.2) is 0 Å². The van der Waals surface area contributed by atoms with Gasteiger partial charge >= 0.3 is 0 Å². The van der Waals surface area contributed by atoms with Crippen molar-refractivity contribution < 1.29 is 0 Å². The molecule has 1 aliphatic rings. The summed E-state index contributed by atoms with van der Waals surface area (Å²) in [5.74, 6) is 0. The number of rotatable bonds is 1. The highest BCUT2D eigenvalue weighted by molar-refractivity contribution is 9.10. The van der Waals surface area contributed by atoms with E-state index in [1.165, 1.54) is 20.6 Å². The van der Waals surface area contributed by atoms with Gasteiger partial charge in [0.25, 0.3) is 0 Å². The number of halogens is 1. The standard InChI is InChI=1S/C14H23BrN2S/c1-9-10(15)8-12(18-9)13-11(16)6-5-7-17(13)14(2,3)4/h8,11,13H,5-7,16H2,1-4H3. The van der Waals surface area contributed by atoms with E-state index in [0.717, 1.165) is 13.0 Å². The van der Waals surface area contributed by atoms with E-state index >= 15 is 0 Å². The van der Waals surface area contributed by atoms with Crippen LogP contribution in [-0.4, -0.2) is 23.0 Å². The van der Waals surface area contributed by atoms with E-state index < -0.39 is 0 Å². The van der Waals surface area contributed by atoms with Gasteiger partial charge in [-0.3, -0.25) is 4.90 Å². The van der Waals surface area contributed by atoms with Crippen molar-refractivity contribution in [3.63, 3.8) is 0 Å². The molecule has 0 amide bonds. The fraction of sp³-hybridized carbons (Fsp3) is 0.714. The van der Waals surface area contributed by atoms with Crippen LogP contribution in [0.2, 0.25) is 0 Å². The van der Waals surface area contributed by atoms with Crippen molar-refractivity contribution in [3.05, 3.63) is 20.3 Å². The lowest BCUT2D eigenvalue weighted by Crippen LogP contribution is -2.53. The van der Waals surface area contributed by atoms with Crippen molar-refractivity contribution in [2.75, 3.05) is 6.54 Å². The molecule has 4 heteroatoms. The molecule has 1 aliphatic heterocycles. The summed E-state index contributed by atoms with van der Waals surface area (Å²) in [5, 5.41) is 0. The first-order chi connectivity index (χ1) is 8.30. The Bertz CT molecular complexity index is 402. The Morgan fingerprint density at radius 2 is 2.11 bits per heavy atom. The van der Waals surface area contributed by atoms with E-state index in [-0.39, 0.29) is 11.6 Å². The molecule has 0 radical (unpaired) electrons. The minimum absolute atomic E-state index is 0.174. The van der Waals surface area contributed by atoms with Crippen LogP contribution >= 0.6 is 27.3 Å². The Kier molecular flexibility index (Phi) is 4.22. The predicted octanol–water partition coefficient (Wildman–Crippen LogP) is 4.08. The number of hydrogen-bond acceptors (Lipinski definition) is 3. The third kappa shape index (κ3) is 2.82. The first kappa shape index (κ1) is 14.5. The zero-order valence-corrected chi connectivity index (χ0v) is 14.1. The monoisotopic (exact) mass is 330 g/mol. The Morgan fingerprint density at radius 1 is 1.44 bits per heavy atom. The average molecular weight is 331 g/mol. The van der Waals surface area contributed by atoms with Crippen LogP contribution in [0.1, 0.15) is 49.4 Å². The van der Waals surface area contributed by atoms with E-state index in [4.69, 9.17) is 5.73 Å². The van der Waals surface area contributed by atoms with Crippen LogP contribution in [0.25, 0.3) is 0 Å². The number of thiophene rings is 1. The number of nitrogens with zero attached hydrogens (tertiary/aromatic N) is 1. The predicted molar refractivity (Wildman–Crippen MR) is 83.2 cm³/mol. The highest BCUT2D eigenvalue weighted by Gasteiger charge is 2.37. The molecule has 2 nitrogen and oxygen atoms in total. The molecule has 2 atom stereocenters. The molecule has 1 aromatic rings. The second-order valence-electron chi connectivity index (χ2n) is 6.17. The maximum atomic E-state index is 6.41. The quantitative estimate of drug-likeness (QED) is 0.840. The highest BCUT2D eigenvalue weighted by Crippen LogP contribution is 2.40. The van der Waals surface area contributed by atoms with E-state index in [9.17, 15) is 0 Å². The van der Waals surface area contributed by atoms with Crippen molar-refractivity contribution in [2.45, 2.75) is 58.2 Å². The summed E-state index contributed by atoms with van der Waals surface area (Å²) in [5.41, 5.74) is 6.58. The molecule has 0 bridgehead atoms. The molecule has 2 N–H and O–H groups in total. The van der Waals surface area contributed by atoms with Crippen LogP contribution in [0.3, 0.4) is 0 Å². The minimum atomic E-state index is 0.174. The lowest BCUT2D eigenvalue weighted by Gasteiger charge is -2.47. The molecular weight excluding hydrogens is 308 g/mol. The molecule has 1 fully saturated rings. The maximum absolute atomic E-state index is 6.41. The first-order valence-electron chi connectivity index (χ1n) is 6.59. The van der Waals surface area contributed by atoms with Gasteiger partial charge < -0.3 is 5.73 Å². The van der Waals surface area contributed by atoms with Crippen LogP contribution in [0, 0.1) is 6.92 Å². The van der Waals surface area contributed by atoms with E-state index in [1.807, 2.05) is 11.3 Å². The van der Waals surface area contributed by atoms with Gasteiger partial charge in [0, 0.05) is 25.8 Å². The summed E-state index contributed by atoms with van der Waals surface area (Å²) in [6.07, 6.45) is 2.34. The van der Waals surface area contributed by atoms with E-state index in [0.29, 0.717) is 6.04 Å². The zero-order chi connectivity index (χ0) is 13.5. The van der Waals surface area contributed by atoms with Gasteiger partial charge in [-0.1, -0.05) is 0 Å². The Balaban J connectivity index is 2.36. The molecule has 1 saturated heterocycles. The number of aryl methyl sites for hydroxylation is 1. The average Bonchev–Trinajstić information content (AvgIpc) is 2.57. The molecule has 102 valence electrons. The minimum Gasteiger partial charge on any atom is -0.326 e. The molecule has 1 aromatic heterocycles. The van der Waals surface area contributed by atoms with Gasteiger partial charge in [-0.2, -0.15) is 0 Å². The van der Waals surface area contributed by atoms with Crippen LogP contribution in [-0.2, 0) is 0 Å². The summed E-state index contributed by atoms with van der Waals surface area (Å²) in [4.78, 5) is 5.32. The van der Waals surface area contributed by atoms with Crippen LogP contribution < -0.4 is 5.73 Å². The number of hydrogen-bond donors (Lipinski definition) is 1. The second kappa shape index (κ2) is 5.23. The van der Waals surface area contributed by atoms with Gasteiger partial charge in [0.2, 0.25) is 0 Å². The van der Waals surface area contributed by atoms with Gasteiger partial charge in [-0.15, -0.1) is 11.3 Å². The lowest BCUT2D eigenvalue weighted by molar-refractivity contribution is 0.0402. The molecule has 0 spiro atoms. The Hall–Kier alpha value is 0.100. The number of likely N-dealkylation sites (tertiary alicyclic amines) is 1. The van der Waals surface area contributed by atoms with Crippen molar-refractivity contribution in [1.82, 2.24) is 4.90 Å². The van der Waals surface area contributed by atoms with Gasteiger partial charge in [0.1, 0.15) is 0 Å². The SMILES string of the molecule is Cc1sc(C2C(N)CCCN2C(C)(C)C)cc1Br. The summed E-state index contributed by atoms with van der Waals surface area (Å²) >= 11 is 5.50. The van der Waals surface area contributed by atoms with E-state index in [1.54, 1.807) is 0 Å². The number of piperidine rings is 1. The Labute approximate surface area is 123 Å². The van der Waals surface area contributed by atoms with Gasteiger partial charge in [-0.25, -0.2) is 0 Å². The molecule has 0 aliphatic carbocycles.